The number of benzene rings is 1. The van der Waals surface area contributed by atoms with Gasteiger partial charge in [0.15, 0.2) is 0 Å². The Bertz CT molecular complexity index is 1170. The Kier molecular flexibility index (Phi) is 3.84. The first-order valence-electron chi connectivity index (χ1n) is 8.37. The van der Waals surface area contributed by atoms with Gasteiger partial charge in [-0.25, -0.2) is 4.98 Å². The molecule has 1 amide bonds. The van der Waals surface area contributed by atoms with Gasteiger partial charge in [0.2, 0.25) is 11.7 Å². The zero-order valence-corrected chi connectivity index (χ0v) is 14.9. The van der Waals surface area contributed by atoms with E-state index in [1.807, 2.05) is 13.0 Å². The van der Waals surface area contributed by atoms with E-state index < -0.39 is 5.91 Å². The van der Waals surface area contributed by atoms with Gasteiger partial charge in [-0.3, -0.25) is 14.3 Å². The summed E-state index contributed by atoms with van der Waals surface area (Å²) in [5, 5.41) is 4.99. The molecule has 4 aromatic rings. The molecule has 27 heavy (non-hydrogen) atoms. The molecule has 0 spiro atoms. The number of carbonyl (C=O) groups is 2. The number of amides is 1. The smallest absolute Gasteiger partial charge is 0.248 e. The first kappa shape index (κ1) is 16.7. The fraction of sp³-hybridized carbons (Fsp3) is 0.100. The number of nitrogens with zero attached hydrogens (tertiary/aromatic N) is 3. The number of carbonyl (C=O) groups excluding carboxylic acids is 2. The third-order valence-corrected chi connectivity index (χ3v) is 4.62. The SMILES string of the molecule is Cc1cc(C(=O)c2c[nH]c3ncc(-c4ccc(C(N)=O)cc4)cc23)nn1C. The number of hydrogen-bond acceptors (Lipinski definition) is 4. The van der Waals surface area contributed by atoms with Crippen molar-refractivity contribution in [2.45, 2.75) is 6.92 Å². The number of H-pyrrole nitrogens is 1. The van der Waals surface area contributed by atoms with Crippen molar-refractivity contribution in [1.82, 2.24) is 19.7 Å². The van der Waals surface area contributed by atoms with Crippen LogP contribution in [0.2, 0.25) is 0 Å². The molecule has 0 aliphatic rings. The van der Waals surface area contributed by atoms with Crippen LogP contribution in [0.4, 0.5) is 0 Å². The van der Waals surface area contributed by atoms with Crippen molar-refractivity contribution in [3.63, 3.8) is 0 Å². The van der Waals surface area contributed by atoms with Crippen LogP contribution in [0.25, 0.3) is 22.2 Å². The van der Waals surface area contributed by atoms with Gasteiger partial charge in [-0.2, -0.15) is 5.10 Å². The molecule has 0 radical (unpaired) electrons. The molecular weight excluding hydrogens is 342 g/mol. The van der Waals surface area contributed by atoms with Crippen LogP contribution in [0.3, 0.4) is 0 Å². The highest BCUT2D eigenvalue weighted by Crippen LogP contribution is 2.26. The van der Waals surface area contributed by atoms with Crippen LogP contribution >= 0.6 is 0 Å². The van der Waals surface area contributed by atoms with E-state index in [2.05, 4.69) is 15.1 Å². The number of nitrogens with two attached hydrogens (primary N) is 1. The number of aryl methyl sites for hydroxylation is 2. The topological polar surface area (TPSA) is 107 Å². The second-order valence-electron chi connectivity index (χ2n) is 6.39. The van der Waals surface area contributed by atoms with Crippen molar-refractivity contribution in [3.8, 4) is 11.1 Å². The molecule has 0 saturated carbocycles. The molecule has 3 aromatic heterocycles. The van der Waals surface area contributed by atoms with Crippen LogP contribution in [-0.2, 0) is 7.05 Å². The first-order chi connectivity index (χ1) is 12.9. The summed E-state index contributed by atoms with van der Waals surface area (Å²) in [7, 11) is 1.80. The van der Waals surface area contributed by atoms with E-state index in [4.69, 9.17) is 5.73 Å². The minimum absolute atomic E-state index is 0.159. The standard InChI is InChI=1S/C20H17N5O2/c1-11-7-17(24-25(11)2)18(26)16-10-23-20-15(16)8-14(9-22-20)12-3-5-13(6-4-12)19(21)27/h3-10H,1-2H3,(H2,21,27)(H,22,23). The maximum Gasteiger partial charge on any atom is 0.248 e. The normalized spacial score (nSPS) is 11.0. The van der Waals surface area contributed by atoms with E-state index in [1.165, 1.54) is 0 Å². The Labute approximate surface area is 154 Å². The molecule has 1 aromatic carbocycles. The van der Waals surface area contributed by atoms with Crippen molar-refractivity contribution >= 4 is 22.7 Å². The molecule has 0 fully saturated rings. The van der Waals surface area contributed by atoms with E-state index in [1.54, 1.807) is 54.5 Å². The number of nitrogens with one attached hydrogen (secondary N) is 1. The second-order valence-corrected chi connectivity index (χ2v) is 6.39. The average molecular weight is 359 g/mol. The molecule has 0 bridgehead atoms. The van der Waals surface area contributed by atoms with Crippen molar-refractivity contribution in [2.75, 3.05) is 0 Å². The zero-order chi connectivity index (χ0) is 19.1. The third kappa shape index (κ3) is 2.89. The van der Waals surface area contributed by atoms with E-state index in [0.717, 1.165) is 22.2 Å². The van der Waals surface area contributed by atoms with Crippen LogP contribution in [-0.4, -0.2) is 31.4 Å². The van der Waals surface area contributed by atoms with Crippen LogP contribution < -0.4 is 5.73 Å². The maximum atomic E-state index is 12.9. The number of aromatic nitrogens is 4. The van der Waals surface area contributed by atoms with Crippen molar-refractivity contribution in [2.24, 2.45) is 12.8 Å². The van der Waals surface area contributed by atoms with Gasteiger partial charge < -0.3 is 10.7 Å². The summed E-state index contributed by atoms with van der Waals surface area (Å²) in [6, 6.07) is 10.6. The van der Waals surface area contributed by atoms with Gasteiger partial charge in [-0.1, -0.05) is 12.1 Å². The van der Waals surface area contributed by atoms with Gasteiger partial charge in [0, 0.05) is 41.6 Å². The summed E-state index contributed by atoms with van der Waals surface area (Å²) in [6.45, 7) is 1.90. The quantitative estimate of drug-likeness (QED) is 0.546. The van der Waals surface area contributed by atoms with Gasteiger partial charge in [0.1, 0.15) is 11.3 Å². The molecule has 7 nitrogen and oxygen atoms in total. The predicted octanol–water partition coefficient (Wildman–Crippen LogP) is 2.60. The molecule has 0 atom stereocenters. The predicted molar refractivity (Wildman–Crippen MR) is 101 cm³/mol. The molecule has 0 aliphatic heterocycles. The van der Waals surface area contributed by atoms with Crippen molar-refractivity contribution in [3.05, 3.63) is 71.3 Å². The zero-order valence-electron chi connectivity index (χ0n) is 14.9. The molecule has 7 heteroatoms. The Morgan fingerprint density at radius 2 is 1.85 bits per heavy atom. The summed E-state index contributed by atoms with van der Waals surface area (Å²) in [6.07, 6.45) is 3.38. The van der Waals surface area contributed by atoms with Crippen LogP contribution in [0, 0.1) is 6.92 Å². The number of hydrogen-bond donors (Lipinski definition) is 2. The molecule has 3 heterocycles. The van der Waals surface area contributed by atoms with Gasteiger partial charge in [-0.05, 0) is 36.8 Å². The number of rotatable bonds is 4. The molecule has 0 aliphatic carbocycles. The van der Waals surface area contributed by atoms with Crippen LogP contribution in [0.1, 0.15) is 32.1 Å². The third-order valence-electron chi connectivity index (χ3n) is 4.62. The molecule has 134 valence electrons. The van der Waals surface area contributed by atoms with E-state index in [0.29, 0.717) is 22.5 Å². The Hall–Kier alpha value is -3.74. The molecule has 3 N–H and O–H groups in total. The number of ketones is 1. The van der Waals surface area contributed by atoms with E-state index in [-0.39, 0.29) is 5.78 Å². The summed E-state index contributed by atoms with van der Waals surface area (Å²) < 4.78 is 1.67. The van der Waals surface area contributed by atoms with Crippen molar-refractivity contribution < 1.29 is 9.59 Å². The Morgan fingerprint density at radius 1 is 1.11 bits per heavy atom. The number of aromatic amines is 1. The van der Waals surface area contributed by atoms with Crippen LogP contribution in [0.15, 0.2) is 48.8 Å². The van der Waals surface area contributed by atoms with Gasteiger partial charge >= 0.3 is 0 Å². The summed E-state index contributed by atoms with van der Waals surface area (Å²) >= 11 is 0. The first-order valence-corrected chi connectivity index (χ1v) is 8.37. The fourth-order valence-corrected chi connectivity index (χ4v) is 2.99. The fourth-order valence-electron chi connectivity index (χ4n) is 2.99. The number of pyridine rings is 1. The lowest BCUT2D eigenvalue weighted by atomic mass is 10.0. The van der Waals surface area contributed by atoms with E-state index >= 15 is 0 Å². The van der Waals surface area contributed by atoms with Gasteiger partial charge in [0.05, 0.1) is 5.56 Å². The second kappa shape index (κ2) is 6.21. The minimum Gasteiger partial charge on any atom is -0.366 e. The highest BCUT2D eigenvalue weighted by molar-refractivity contribution is 6.15. The summed E-state index contributed by atoms with van der Waals surface area (Å²) in [4.78, 5) is 31.6. The highest BCUT2D eigenvalue weighted by Gasteiger charge is 2.18. The van der Waals surface area contributed by atoms with Crippen LogP contribution in [0.5, 0.6) is 0 Å². The molecule has 0 saturated heterocycles. The minimum atomic E-state index is -0.473. The lowest BCUT2D eigenvalue weighted by Crippen LogP contribution is -2.10. The number of primary amides is 1. The monoisotopic (exact) mass is 359 g/mol. The highest BCUT2D eigenvalue weighted by atomic mass is 16.1. The number of fused-ring (bicyclic) bond motifs is 1. The molecule has 0 unspecified atom stereocenters. The molecule has 4 rings (SSSR count). The Morgan fingerprint density at radius 3 is 2.48 bits per heavy atom. The van der Waals surface area contributed by atoms with E-state index in [9.17, 15) is 9.59 Å². The maximum absolute atomic E-state index is 12.9. The summed E-state index contributed by atoms with van der Waals surface area (Å²) in [5.74, 6) is -0.632. The van der Waals surface area contributed by atoms with Crippen molar-refractivity contribution in [1.29, 1.82) is 0 Å². The van der Waals surface area contributed by atoms with Gasteiger partial charge in [0.25, 0.3) is 0 Å². The summed E-state index contributed by atoms with van der Waals surface area (Å²) in [5.41, 5.74) is 9.89. The lowest BCUT2D eigenvalue weighted by Gasteiger charge is -2.03. The van der Waals surface area contributed by atoms with Gasteiger partial charge in [-0.15, -0.1) is 0 Å². The largest absolute Gasteiger partial charge is 0.366 e. The Balaban J connectivity index is 1.77. The lowest BCUT2D eigenvalue weighted by molar-refractivity contribution is 0.0998. The molecular formula is C20H17N5O2. The average Bonchev–Trinajstić information content (AvgIpc) is 3.24.